The third kappa shape index (κ3) is 27.7. The first-order valence-electron chi connectivity index (χ1n) is 15.2. The molecule has 20 nitrogen and oxygen atoms in total. The van der Waals surface area contributed by atoms with E-state index in [-0.39, 0.29) is 100 Å². The first-order valence-corrected chi connectivity index (χ1v) is 16.5. The molecule has 0 aliphatic rings. The van der Waals surface area contributed by atoms with Crippen molar-refractivity contribution in [2.24, 2.45) is 0 Å². The van der Waals surface area contributed by atoms with Gasteiger partial charge in [0.1, 0.15) is 59.3 Å². The van der Waals surface area contributed by atoms with E-state index in [1.807, 2.05) is 0 Å². The lowest BCUT2D eigenvalue weighted by Gasteiger charge is -2.33. The molecule has 0 bridgehead atoms. The second kappa shape index (κ2) is 27.1. The number of hydrogen-bond donors (Lipinski definition) is 3. The zero-order valence-electron chi connectivity index (χ0n) is 30.0. The molecule has 0 spiro atoms. The maximum Gasteiger partial charge on any atom is 0.407 e. The topological polar surface area (TPSA) is 246 Å². The van der Waals surface area contributed by atoms with E-state index in [0.717, 1.165) is 14.2 Å². The molecule has 0 atom stereocenters. The van der Waals surface area contributed by atoms with Gasteiger partial charge in [-0.15, -0.1) is 0 Å². The van der Waals surface area contributed by atoms with Crippen molar-refractivity contribution in [1.29, 1.82) is 0 Å². The Kier molecular flexibility index (Phi) is 25.7. The van der Waals surface area contributed by atoms with Crippen molar-refractivity contribution in [1.82, 2.24) is 16.0 Å². The van der Waals surface area contributed by atoms with Crippen LogP contribution in [-0.2, 0) is 61.6 Å². The highest BCUT2D eigenvalue weighted by Crippen LogP contribution is 2.04. The average molecular weight is 756 g/mol. The lowest BCUT2D eigenvalue weighted by Crippen LogP contribution is -2.51. The van der Waals surface area contributed by atoms with Gasteiger partial charge in [-0.25, -0.2) is 28.8 Å². The molecule has 0 fully saturated rings. The lowest BCUT2D eigenvalue weighted by molar-refractivity contribution is -0.909. The van der Waals surface area contributed by atoms with E-state index in [4.69, 9.17) is 28.4 Å². The number of rotatable bonds is 23. The Balaban J connectivity index is 0. The summed E-state index contributed by atoms with van der Waals surface area (Å²) in [6.45, 7) is 15.5. The third-order valence-corrected chi connectivity index (χ3v) is 6.68. The van der Waals surface area contributed by atoms with Gasteiger partial charge in [-0.2, -0.15) is 8.42 Å². The van der Waals surface area contributed by atoms with E-state index in [2.05, 4.69) is 44.1 Å². The molecular weight excluding hydrogens is 704 g/mol. The summed E-state index contributed by atoms with van der Waals surface area (Å²) in [6, 6.07) is 0. The quantitative estimate of drug-likeness (QED) is 0.0422. The fourth-order valence-corrected chi connectivity index (χ4v) is 3.03. The molecule has 0 saturated heterocycles. The summed E-state index contributed by atoms with van der Waals surface area (Å²) in [6.07, 6.45) is -2.18. The van der Waals surface area contributed by atoms with Gasteiger partial charge < -0.3 is 48.9 Å². The molecule has 51 heavy (non-hydrogen) atoms. The molecule has 0 aromatic heterocycles. The van der Waals surface area contributed by atoms with E-state index in [1.54, 1.807) is 7.05 Å². The van der Waals surface area contributed by atoms with Gasteiger partial charge in [0.15, 0.2) is 0 Å². The van der Waals surface area contributed by atoms with Crippen LogP contribution < -0.4 is 16.0 Å². The minimum atomic E-state index is -3.66. The molecule has 0 radical (unpaired) electrons. The highest BCUT2D eigenvalue weighted by molar-refractivity contribution is 7.81. The van der Waals surface area contributed by atoms with Gasteiger partial charge >= 0.3 is 46.6 Å². The first-order chi connectivity index (χ1) is 23.8. The fraction of sp³-hybridized carbons (Fsp3) is 0.600. The summed E-state index contributed by atoms with van der Waals surface area (Å²) < 4.78 is 57.9. The third-order valence-electron chi connectivity index (χ3n) is 5.86. The van der Waals surface area contributed by atoms with Crippen LogP contribution in [-0.4, -0.2) is 149 Å². The van der Waals surface area contributed by atoms with Gasteiger partial charge in [0.25, 0.3) is 0 Å². The minimum Gasteiger partial charge on any atom is -0.460 e. The molecule has 0 heterocycles. The Morgan fingerprint density at radius 2 is 0.765 bits per heavy atom. The number of quaternary nitrogens is 1. The molecule has 21 heteroatoms. The summed E-state index contributed by atoms with van der Waals surface area (Å²) in [5.41, 5.74) is 0.710. The highest BCUT2D eigenvalue weighted by atomic mass is 32.3. The second-order valence-electron chi connectivity index (χ2n) is 10.5. The molecule has 0 aromatic rings. The minimum absolute atomic E-state index is 0.0333. The molecular formula is C30H51N4O16S+. The van der Waals surface area contributed by atoms with Crippen LogP contribution in [0, 0.1) is 0 Å². The van der Waals surface area contributed by atoms with E-state index >= 15 is 0 Å². The molecule has 0 aliphatic carbocycles. The van der Waals surface area contributed by atoms with E-state index in [0.29, 0.717) is 0 Å². The van der Waals surface area contributed by atoms with Crippen LogP contribution in [0.1, 0.15) is 20.8 Å². The average Bonchev–Trinajstić information content (AvgIpc) is 3.06. The molecule has 3 amide bonds. The van der Waals surface area contributed by atoms with Crippen molar-refractivity contribution in [2.75, 3.05) is 100 Å². The maximum atomic E-state index is 12.0. The summed E-state index contributed by atoms with van der Waals surface area (Å²) in [7, 11) is 0.183. The van der Waals surface area contributed by atoms with Crippen molar-refractivity contribution in [3.63, 3.8) is 0 Å². The van der Waals surface area contributed by atoms with Gasteiger partial charge in [0, 0.05) is 16.7 Å². The summed E-state index contributed by atoms with van der Waals surface area (Å²) in [5.74, 6) is -1.72. The number of nitrogens with zero attached hydrogens (tertiary/aromatic N) is 1. The molecule has 0 aromatic carbocycles. The van der Waals surface area contributed by atoms with Crippen molar-refractivity contribution < 1.29 is 78.5 Å². The first kappa shape index (κ1) is 48.4. The highest BCUT2D eigenvalue weighted by Gasteiger charge is 2.24. The summed E-state index contributed by atoms with van der Waals surface area (Å²) >= 11 is 0. The van der Waals surface area contributed by atoms with Gasteiger partial charge in [0.05, 0.1) is 40.9 Å². The zero-order valence-corrected chi connectivity index (χ0v) is 30.8. The number of likely N-dealkylation sites (N-methyl/N-ethyl adjacent to an activating group) is 1. The monoisotopic (exact) mass is 755 g/mol. The number of nitrogens with one attached hydrogen (secondary N) is 3. The van der Waals surface area contributed by atoms with Crippen molar-refractivity contribution in [2.45, 2.75) is 20.8 Å². The van der Waals surface area contributed by atoms with Crippen LogP contribution >= 0.6 is 0 Å². The fourth-order valence-electron chi connectivity index (χ4n) is 2.89. The number of amides is 3. The largest absolute Gasteiger partial charge is 0.460 e. The summed E-state index contributed by atoms with van der Waals surface area (Å²) in [4.78, 5) is 70.1. The van der Waals surface area contributed by atoms with E-state index < -0.39 is 46.6 Å². The number of ether oxygens (including phenoxy) is 6. The predicted molar refractivity (Wildman–Crippen MR) is 179 cm³/mol. The van der Waals surface area contributed by atoms with Crippen LogP contribution in [0.5, 0.6) is 0 Å². The normalized spacial score (nSPS) is 10.5. The SMILES string of the molecule is C=C(C)C(=O)OCCNC(=O)OCC[N+](C)(CCOC(=O)NCCOC(=O)C(=C)C)CCOC(=O)NCCOC(=O)C(=C)C.COS(=O)(=O)OC. The standard InChI is InChI=1S/C28H44N4O12.C2H6O4S/c1-20(2)23(33)39-14-8-29-26(36)42-17-11-32(7,12-18-43-27(37)30-9-15-40-24(34)21(3)4)13-19-44-28(38)31-10-16-41-25(35)22(5)6;1-5-7(3,4)6-2/h1,3,5,8-19H2,2,4,6-7H3,(H2-,29,30,31,36,37,38);1-2H3/p+1. The Morgan fingerprint density at radius 3 is 0.961 bits per heavy atom. The number of hydrogen-bond acceptors (Lipinski definition) is 16. The maximum absolute atomic E-state index is 12.0. The molecule has 0 rings (SSSR count). The van der Waals surface area contributed by atoms with E-state index in [9.17, 15) is 37.2 Å². The van der Waals surface area contributed by atoms with Gasteiger partial charge in [-0.3, -0.25) is 8.37 Å². The van der Waals surface area contributed by atoms with Crippen molar-refractivity contribution >= 4 is 46.6 Å². The van der Waals surface area contributed by atoms with Crippen LogP contribution in [0.2, 0.25) is 0 Å². The Morgan fingerprint density at radius 1 is 0.510 bits per heavy atom. The van der Waals surface area contributed by atoms with Crippen LogP contribution in [0.3, 0.4) is 0 Å². The molecule has 292 valence electrons. The van der Waals surface area contributed by atoms with Gasteiger partial charge in [-0.1, -0.05) is 19.7 Å². The Bertz CT molecular complexity index is 1170. The smallest absolute Gasteiger partial charge is 0.407 e. The zero-order chi connectivity index (χ0) is 39.5. The number of alkyl carbamates (subject to hydrolysis) is 3. The lowest BCUT2D eigenvalue weighted by atomic mass is 10.3. The van der Waals surface area contributed by atoms with Crippen LogP contribution in [0.15, 0.2) is 36.5 Å². The number of esters is 3. The summed E-state index contributed by atoms with van der Waals surface area (Å²) in [5, 5.41) is 7.36. The molecule has 0 saturated carbocycles. The Hall–Kier alpha value is -4.73. The van der Waals surface area contributed by atoms with Gasteiger partial charge in [-0.05, 0) is 20.8 Å². The Labute approximate surface area is 298 Å². The van der Waals surface area contributed by atoms with Gasteiger partial charge in [0.2, 0.25) is 0 Å². The number of carbonyl (C=O) groups excluding carboxylic acids is 6. The number of carbonyl (C=O) groups is 6. The molecule has 0 aliphatic heterocycles. The van der Waals surface area contributed by atoms with Crippen molar-refractivity contribution in [3.8, 4) is 0 Å². The molecule has 3 N–H and O–H groups in total. The van der Waals surface area contributed by atoms with Crippen LogP contribution in [0.4, 0.5) is 14.4 Å². The van der Waals surface area contributed by atoms with E-state index in [1.165, 1.54) is 20.8 Å². The predicted octanol–water partition coefficient (Wildman–Crippen LogP) is 0.494. The molecule has 0 unspecified atom stereocenters. The van der Waals surface area contributed by atoms with Crippen LogP contribution in [0.25, 0.3) is 0 Å². The second-order valence-corrected chi connectivity index (χ2v) is 12.0. The van der Waals surface area contributed by atoms with Crippen molar-refractivity contribution in [3.05, 3.63) is 36.5 Å².